The first-order valence-corrected chi connectivity index (χ1v) is 7.70. The molecule has 0 bridgehead atoms. The molecule has 0 spiro atoms. The molecule has 1 aromatic carbocycles. The number of benzene rings is 1. The van der Waals surface area contributed by atoms with E-state index in [9.17, 15) is 9.59 Å². The van der Waals surface area contributed by atoms with Crippen LogP contribution < -0.4 is 10.6 Å². The van der Waals surface area contributed by atoms with Crippen LogP contribution in [0.25, 0.3) is 0 Å². The third kappa shape index (κ3) is 4.06. The van der Waals surface area contributed by atoms with E-state index < -0.39 is 0 Å². The van der Waals surface area contributed by atoms with Gasteiger partial charge in [-0.15, -0.1) is 0 Å². The number of Topliss-reactive ketones (excluding diaryl/α,β-unsaturated/α-hetero) is 1. The summed E-state index contributed by atoms with van der Waals surface area (Å²) in [4.78, 5) is 23.2. The lowest BCUT2D eigenvalue weighted by Gasteiger charge is -2.27. The van der Waals surface area contributed by atoms with Crippen LogP contribution in [0.3, 0.4) is 0 Å². The second-order valence-electron chi connectivity index (χ2n) is 6.00. The molecule has 0 aromatic heterocycles. The average Bonchev–Trinajstić information content (AvgIpc) is 2.95. The Hall–Kier alpha value is -1.84. The van der Waals surface area contributed by atoms with Gasteiger partial charge in [0.15, 0.2) is 5.78 Å². The molecule has 2 amide bonds. The predicted molar refractivity (Wildman–Crippen MR) is 84.7 cm³/mol. The minimum absolute atomic E-state index is 0.0251. The van der Waals surface area contributed by atoms with Crippen LogP contribution in [0.4, 0.5) is 10.5 Å². The molecular formula is C17H24N2O2. The fourth-order valence-electron chi connectivity index (χ4n) is 3.01. The summed E-state index contributed by atoms with van der Waals surface area (Å²) < 4.78 is 0. The smallest absolute Gasteiger partial charge is 0.319 e. The molecule has 2 N–H and O–H groups in total. The van der Waals surface area contributed by atoms with Gasteiger partial charge in [0.05, 0.1) is 0 Å². The standard InChI is InChI=1S/C17H24N2O2/c1-3-17(10-4-5-11-17)12-18-16(21)19-15-8-6-14(7-9-15)13(2)20/h6-9H,3-5,10-12H2,1-2H3,(H2,18,19,21). The molecule has 0 saturated heterocycles. The van der Waals surface area contributed by atoms with Gasteiger partial charge in [0.2, 0.25) is 0 Å². The van der Waals surface area contributed by atoms with Crippen LogP contribution in [0.1, 0.15) is 56.3 Å². The van der Waals surface area contributed by atoms with Crippen molar-refractivity contribution in [2.75, 3.05) is 11.9 Å². The minimum atomic E-state index is -0.176. The maximum absolute atomic E-state index is 12.0. The van der Waals surface area contributed by atoms with Crippen molar-refractivity contribution in [3.05, 3.63) is 29.8 Å². The van der Waals surface area contributed by atoms with Gasteiger partial charge in [-0.1, -0.05) is 19.8 Å². The molecule has 114 valence electrons. The van der Waals surface area contributed by atoms with Gasteiger partial charge in [-0.25, -0.2) is 4.79 Å². The molecule has 21 heavy (non-hydrogen) atoms. The summed E-state index contributed by atoms with van der Waals surface area (Å²) >= 11 is 0. The maximum atomic E-state index is 12.0. The average molecular weight is 288 g/mol. The number of nitrogens with one attached hydrogen (secondary N) is 2. The number of carbonyl (C=O) groups is 2. The third-order valence-electron chi connectivity index (χ3n) is 4.59. The zero-order chi connectivity index (χ0) is 15.3. The molecule has 0 unspecified atom stereocenters. The number of ketones is 1. The van der Waals surface area contributed by atoms with E-state index in [4.69, 9.17) is 0 Å². The molecule has 1 aromatic rings. The van der Waals surface area contributed by atoms with E-state index in [1.165, 1.54) is 32.6 Å². The fourth-order valence-corrected chi connectivity index (χ4v) is 3.01. The molecular weight excluding hydrogens is 264 g/mol. The van der Waals surface area contributed by atoms with Gasteiger partial charge in [0.1, 0.15) is 0 Å². The van der Waals surface area contributed by atoms with Crippen LogP contribution in [0, 0.1) is 5.41 Å². The van der Waals surface area contributed by atoms with E-state index in [-0.39, 0.29) is 17.2 Å². The molecule has 0 radical (unpaired) electrons. The Labute approximate surface area is 126 Å². The Kier molecular flexibility index (Phi) is 4.99. The number of carbonyl (C=O) groups excluding carboxylic acids is 2. The first kappa shape index (κ1) is 15.5. The molecule has 0 aliphatic heterocycles. The van der Waals surface area contributed by atoms with Crippen molar-refractivity contribution in [2.45, 2.75) is 46.0 Å². The molecule has 1 saturated carbocycles. The van der Waals surface area contributed by atoms with Gasteiger partial charge < -0.3 is 10.6 Å². The zero-order valence-electron chi connectivity index (χ0n) is 12.9. The normalized spacial score (nSPS) is 16.5. The summed E-state index contributed by atoms with van der Waals surface area (Å²) in [6.45, 7) is 4.47. The van der Waals surface area contributed by atoms with E-state index >= 15 is 0 Å². The molecule has 0 atom stereocenters. The van der Waals surface area contributed by atoms with Crippen LogP contribution in [0.2, 0.25) is 0 Å². The lowest BCUT2D eigenvalue weighted by atomic mass is 9.83. The second-order valence-corrected chi connectivity index (χ2v) is 6.00. The number of hydrogen-bond donors (Lipinski definition) is 2. The van der Waals surface area contributed by atoms with Gasteiger partial charge >= 0.3 is 6.03 Å². The third-order valence-corrected chi connectivity index (χ3v) is 4.59. The molecule has 0 heterocycles. The number of hydrogen-bond acceptors (Lipinski definition) is 2. The quantitative estimate of drug-likeness (QED) is 0.805. The molecule has 1 aliphatic rings. The van der Waals surface area contributed by atoms with Crippen LogP contribution in [0.15, 0.2) is 24.3 Å². The highest BCUT2D eigenvalue weighted by atomic mass is 16.2. The molecule has 4 heteroatoms. The molecule has 4 nitrogen and oxygen atoms in total. The summed E-state index contributed by atoms with van der Waals surface area (Å²) in [5.74, 6) is 0.0251. The largest absolute Gasteiger partial charge is 0.337 e. The van der Waals surface area contributed by atoms with Crippen LogP contribution in [-0.4, -0.2) is 18.4 Å². The van der Waals surface area contributed by atoms with Crippen LogP contribution in [-0.2, 0) is 0 Å². The first-order chi connectivity index (χ1) is 10.0. The lowest BCUT2D eigenvalue weighted by molar-refractivity contribution is 0.101. The lowest BCUT2D eigenvalue weighted by Crippen LogP contribution is -2.38. The Morgan fingerprint density at radius 2 is 1.76 bits per heavy atom. The topological polar surface area (TPSA) is 58.2 Å². The van der Waals surface area contributed by atoms with E-state index in [1.807, 2.05) is 0 Å². The highest BCUT2D eigenvalue weighted by Gasteiger charge is 2.32. The zero-order valence-corrected chi connectivity index (χ0v) is 12.9. The molecule has 1 aliphatic carbocycles. The monoisotopic (exact) mass is 288 g/mol. The second kappa shape index (κ2) is 6.74. The summed E-state index contributed by atoms with van der Waals surface area (Å²) in [5, 5.41) is 5.80. The number of rotatable bonds is 5. The van der Waals surface area contributed by atoms with E-state index in [2.05, 4.69) is 17.6 Å². The van der Waals surface area contributed by atoms with E-state index in [0.29, 0.717) is 11.3 Å². The SMILES string of the molecule is CCC1(CNC(=O)Nc2ccc(C(C)=O)cc2)CCCC1. The van der Waals surface area contributed by atoms with Crippen LogP contribution >= 0.6 is 0 Å². The summed E-state index contributed by atoms with van der Waals surface area (Å²) in [6, 6.07) is 6.78. The minimum Gasteiger partial charge on any atom is -0.337 e. The van der Waals surface area contributed by atoms with Crippen molar-refractivity contribution in [3.8, 4) is 0 Å². The summed E-state index contributed by atoms with van der Waals surface area (Å²) in [6.07, 6.45) is 6.06. The van der Waals surface area contributed by atoms with Crippen molar-refractivity contribution in [1.29, 1.82) is 0 Å². The Balaban J connectivity index is 1.85. The first-order valence-electron chi connectivity index (χ1n) is 7.70. The van der Waals surface area contributed by atoms with Crippen LogP contribution in [0.5, 0.6) is 0 Å². The highest BCUT2D eigenvalue weighted by molar-refractivity contribution is 5.95. The molecule has 2 rings (SSSR count). The van der Waals surface area contributed by atoms with Gasteiger partial charge in [0, 0.05) is 17.8 Å². The van der Waals surface area contributed by atoms with E-state index in [1.54, 1.807) is 24.3 Å². The summed E-state index contributed by atoms with van der Waals surface area (Å²) in [5.41, 5.74) is 1.64. The van der Waals surface area contributed by atoms with E-state index in [0.717, 1.165) is 13.0 Å². The number of anilines is 1. The fraction of sp³-hybridized carbons (Fsp3) is 0.529. The van der Waals surface area contributed by atoms with Crippen molar-refractivity contribution in [1.82, 2.24) is 5.32 Å². The Morgan fingerprint density at radius 3 is 2.29 bits per heavy atom. The summed E-state index contributed by atoms with van der Waals surface area (Å²) in [7, 11) is 0. The predicted octanol–water partition coefficient (Wildman–Crippen LogP) is 3.98. The number of urea groups is 1. The maximum Gasteiger partial charge on any atom is 0.319 e. The Bertz CT molecular complexity index is 502. The number of amides is 2. The highest BCUT2D eigenvalue weighted by Crippen LogP contribution is 2.40. The van der Waals surface area contributed by atoms with Gasteiger partial charge in [0.25, 0.3) is 0 Å². The molecule has 1 fully saturated rings. The van der Waals surface area contributed by atoms with Crippen molar-refractivity contribution >= 4 is 17.5 Å². The van der Waals surface area contributed by atoms with Gasteiger partial charge in [-0.05, 0) is 55.9 Å². The van der Waals surface area contributed by atoms with Crippen molar-refractivity contribution in [2.24, 2.45) is 5.41 Å². The van der Waals surface area contributed by atoms with Crippen molar-refractivity contribution < 1.29 is 9.59 Å². The van der Waals surface area contributed by atoms with Gasteiger partial charge in [-0.2, -0.15) is 0 Å². The van der Waals surface area contributed by atoms with Gasteiger partial charge in [-0.3, -0.25) is 4.79 Å². The van der Waals surface area contributed by atoms with Crippen molar-refractivity contribution in [3.63, 3.8) is 0 Å². The Morgan fingerprint density at radius 1 is 1.14 bits per heavy atom.